The number of amides is 1. The molecule has 54 valence electrons. The van der Waals surface area contributed by atoms with Crippen molar-refractivity contribution in [2.75, 3.05) is 0 Å². The molecule has 0 radical (unpaired) electrons. The zero-order valence-corrected chi connectivity index (χ0v) is 5.69. The van der Waals surface area contributed by atoms with Crippen LogP contribution in [0.15, 0.2) is 18.5 Å². The third kappa shape index (κ3) is 1.15. The highest BCUT2D eigenvalue weighted by Crippen LogP contribution is 1.99. The zero-order valence-electron chi connectivity index (χ0n) is 5.69. The molecule has 0 fully saturated rings. The molecule has 0 aliphatic carbocycles. The first-order valence-corrected chi connectivity index (χ1v) is 3.00. The van der Waals surface area contributed by atoms with Crippen LogP contribution < -0.4 is 5.73 Å². The summed E-state index contributed by atoms with van der Waals surface area (Å²) in [5.74, 6) is -0.372. The van der Waals surface area contributed by atoms with Gasteiger partial charge in [0.05, 0.1) is 0 Å². The van der Waals surface area contributed by atoms with Gasteiger partial charge in [-0.15, -0.1) is 0 Å². The summed E-state index contributed by atoms with van der Waals surface area (Å²) < 4.78 is 1.52. The van der Waals surface area contributed by atoms with E-state index in [-0.39, 0.29) is 11.9 Å². The molecule has 0 saturated carbocycles. The summed E-state index contributed by atoms with van der Waals surface area (Å²) >= 11 is 0. The summed E-state index contributed by atoms with van der Waals surface area (Å²) in [6.45, 7) is 1.70. The van der Waals surface area contributed by atoms with E-state index in [1.807, 2.05) is 0 Å². The first kappa shape index (κ1) is 6.80. The molecule has 0 saturated heterocycles. The molecule has 0 bridgehead atoms. The van der Waals surface area contributed by atoms with Crippen molar-refractivity contribution in [2.24, 2.45) is 5.73 Å². The number of primary amides is 1. The molecular formula is C6H9N3O. The summed E-state index contributed by atoms with van der Waals surface area (Å²) in [4.78, 5) is 10.6. The average Bonchev–Trinajstić information content (AvgIpc) is 2.36. The van der Waals surface area contributed by atoms with Crippen LogP contribution in [0.25, 0.3) is 0 Å². The highest BCUT2D eigenvalue weighted by molar-refractivity contribution is 5.77. The lowest BCUT2D eigenvalue weighted by Crippen LogP contribution is -2.24. The number of carbonyl (C=O) groups is 1. The Balaban J connectivity index is 2.77. The Bertz CT molecular complexity index is 217. The lowest BCUT2D eigenvalue weighted by atomic mass is 10.3. The second kappa shape index (κ2) is 2.51. The van der Waals surface area contributed by atoms with Gasteiger partial charge in [-0.3, -0.25) is 9.48 Å². The molecule has 4 heteroatoms. The van der Waals surface area contributed by atoms with E-state index in [1.165, 1.54) is 4.68 Å². The van der Waals surface area contributed by atoms with Crippen molar-refractivity contribution in [1.82, 2.24) is 9.78 Å². The van der Waals surface area contributed by atoms with Crippen molar-refractivity contribution >= 4 is 5.91 Å². The number of nitrogens with zero attached hydrogens (tertiary/aromatic N) is 2. The van der Waals surface area contributed by atoms with Gasteiger partial charge in [0.15, 0.2) is 0 Å². The smallest absolute Gasteiger partial charge is 0.241 e. The van der Waals surface area contributed by atoms with Crippen LogP contribution in [0, 0.1) is 0 Å². The van der Waals surface area contributed by atoms with Crippen LogP contribution in [-0.4, -0.2) is 15.7 Å². The first-order chi connectivity index (χ1) is 4.72. The molecule has 0 spiro atoms. The normalized spacial score (nSPS) is 12.9. The number of carbonyl (C=O) groups excluding carboxylic acids is 1. The molecular weight excluding hydrogens is 130 g/mol. The van der Waals surface area contributed by atoms with Crippen LogP contribution in [0.1, 0.15) is 13.0 Å². The van der Waals surface area contributed by atoms with Gasteiger partial charge in [0.2, 0.25) is 5.91 Å². The molecule has 1 aromatic heterocycles. The number of rotatable bonds is 2. The molecule has 4 nitrogen and oxygen atoms in total. The Morgan fingerprint density at radius 2 is 2.50 bits per heavy atom. The van der Waals surface area contributed by atoms with Crippen LogP contribution >= 0.6 is 0 Å². The highest BCUT2D eigenvalue weighted by Gasteiger charge is 2.08. The minimum atomic E-state index is -0.372. The molecule has 2 N–H and O–H groups in total. The standard InChI is InChI=1S/C6H9N3O/c1-5(6(7)10)9-4-2-3-8-9/h2-5H,1H3,(H2,7,10)/t5-/m1/s1. The second-order valence-electron chi connectivity index (χ2n) is 2.06. The second-order valence-corrected chi connectivity index (χ2v) is 2.06. The van der Waals surface area contributed by atoms with Gasteiger partial charge in [-0.05, 0) is 13.0 Å². The predicted octanol–water partition coefficient (Wildman–Crippen LogP) is -0.0706. The van der Waals surface area contributed by atoms with Crippen LogP contribution in [0.4, 0.5) is 0 Å². The van der Waals surface area contributed by atoms with Crippen LogP contribution in [0.2, 0.25) is 0 Å². The highest BCUT2D eigenvalue weighted by atomic mass is 16.1. The third-order valence-corrected chi connectivity index (χ3v) is 1.33. The molecule has 0 aliphatic rings. The van der Waals surface area contributed by atoms with Crippen LogP contribution in [0.3, 0.4) is 0 Å². The van der Waals surface area contributed by atoms with Crippen molar-refractivity contribution in [1.29, 1.82) is 0 Å². The Morgan fingerprint density at radius 1 is 1.80 bits per heavy atom. The molecule has 10 heavy (non-hydrogen) atoms. The van der Waals surface area contributed by atoms with E-state index in [0.29, 0.717) is 0 Å². The first-order valence-electron chi connectivity index (χ1n) is 3.00. The minimum Gasteiger partial charge on any atom is -0.368 e. The van der Waals surface area contributed by atoms with Gasteiger partial charge in [-0.2, -0.15) is 5.10 Å². The van der Waals surface area contributed by atoms with Crippen LogP contribution in [0.5, 0.6) is 0 Å². The largest absolute Gasteiger partial charge is 0.368 e. The lowest BCUT2D eigenvalue weighted by molar-refractivity contribution is -0.120. The van der Waals surface area contributed by atoms with Crippen molar-refractivity contribution in [3.8, 4) is 0 Å². The monoisotopic (exact) mass is 139 g/mol. The maximum absolute atomic E-state index is 10.6. The number of nitrogens with two attached hydrogens (primary N) is 1. The van der Waals surface area contributed by atoms with Crippen molar-refractivity contribution < 1.29 is 4.79 Å². The van der Waals surface area contributed by atoms with Gasteiger partial charge in [0.25, 0.3) is 0 Å². The Hall–Kier alpha value is -1.32. The fourth-order valence-corrected chi connectivity index (χ4v) is 0.640. The van der Waals surface area contributed by atoms with E-state index in [2.05, 4.69) is 5.10 Å². The minimum absolute atomic E-state index is 0.352. The van der Waals surface area contributed by atoms with Crippen molar-refractivity contribution in [3.05, 3.63) is 18.5 Å². The average molecular weight is 139 g/mol. The SMILES string of the molecule is C[C@H](C(N)=O)n1cccn1. The van der Waals surface area contributed by atoms with E-state index < -0.39 is 0 Å². The van der Waals surface area contributed by atoms with Gasteiger partial charge in [-0.1, -0.05) is 0 Å². The summed E-state index contributed by atoms with van der Waals surface area (Å²) in [5.41, 5.74) is 5.03. The number of aromatic nitrogens is 2. The number of hydrogen-bond acceptors (Lipinski definition) is 2. The lowest BCUT2D eigenvalue weighted by Gasteiger charge is -2.05. The van der Waals surface area contributed by atoms with E-state index in [0.717, 1.165) is 0 Å². The quantitative estimate of drug-likeness (QED) is 0.623. The molecule has 1 heterocycles. The summed E-state index contributed by atoms with van der Waals surface area (Å²) in [5, 5.41) is 3.85. The molecule has 1 aromatic rings. The fourth-order valence-electron chi connectivity index (χ4n) is 0.640. The van der Waals surface area contributed by atoms with Gasteiger partial charge < -0.3 is 5.73 Å². The van der Waals surface area contributed by atoms with E-state index in [1.54, 1.807) is 25.4 Å². The van der Waals surface area contributed by atoms with Crippen molar-refractivity contribution in [3.63, 3.8) is 0 Å². The molecule has 0 aromatic carbocycles. The summed E-state index contributed by atoms with van der Waals surface area (Å²) in [6.07, 6.45) is 3.31. The maximum atomic E-state index is 10.6. The summed E-state index contributed by atoms with van der Waals surface area (Å²) in [7, 11) is 0. The van der Waals surface area contributed by atoms with Gasteiger partial charge in [0, 0.05) is 12.4 Å². The molecule has 0 unspecified atom stereocenters. The van der Waals surface area contributed by atoms with E-state index in [4.69, 9.17) is 5.73 Å². The zero-order chi connectivity index (χ0) is 7.56. The Kier molecular flexibility index (Phi) is 1.71. The predicted molar refractivity (Wildman–Crippen MR) is 36.1 cm³/mol. The topological polar surface area (TPSA) is 60.9 Å². The fraction of sp³-hybridized carbons (Fsp3) is 0.333. The molecule has 1 atom stereocenters. The van der Waals surface area contributed by atoms with Gasteiger partial charge in [-0.25, -0.2) is 0 Å². The molecule has 0 aliphatic heterocycles. The van der Waals surface area contributed by atoms with Crippen LogP contribution in [-0.2, 0) is 4.79 Å². The van der Waals surface area contributed by atoms with Gasteiger partial charge in [0.1, 0.15) is 6.04 Å². The van der Waals surface area contributed by atoms with E-state index in [9.17, 15) is 4.79 Å². The third-order valence-electron chi connectivity index (χ3n) is 1.33. The Morgan fingerprint density at radius 3 is 2.90 bits per heavy atom. The summed E-state index contributed by atoms with van der Waals surface area (Å²) in [6, 6.07) is 1.40. The van der Waals surface area contributed by atoms with Gasteiger partial charge >= 0.3 is 0 Å². The Labute approximate surface area is 58.6 Å². The molecule has 1 rings (SSSR count). The number of hydrogen-bond donors (Lipinski definition) is 1. The van der Waals surface area contributed by atoms with Crippen molar-refractivity contribution in [2.45, 2.75) is 13.0 Å². The molecule has 1 amide bonds. The van der Waals surface area contributed by atoms with E-state index >= 15 is 0 Å². The maximum Gasteiger partial charge on any atom is 0.241 e.